The maximum absolute atomic E-state index is 13.2. The number of imidazole rings is 1. The molecule has 35 heavy (non-hydrogen) atoms. The second-order valence-electron chi connectivity index (χ2n) is 9.44. The van der Waals surface area contributed by atoms with Crippen LogP contribution in [-0.2, 0) is 11.3 Å². The van der Waals surface area contributed by atoms with Gasteiger partial charge in [0, 0.05) is 31.6 Å². The van der Waals surface area contributed by atoms with Gasteiger partial charge in [-0.25, -0.2) is 4.98 Å². The van der Waals surface area contributed by atoms with Gasteiger partial charge in [-0.1, -0.05) is 31.7 Å². The fraction of sp³-hybridized carbons (Fsp3) is 0.481. The standard InChI is InChI=1S/C27H34N4O3S/c1-19(32)10-5-4-8-16-31-23-15-14-20(26(34)30(2)21-11-6-3-7-12-21)18-22(23)28-27(31)29-25(33)24-13-9-17-35-24/h9,13-15,17-18,21H,3-8,10-12,16H2,1-2H3,(H,28,29,33). The zero-order chi connectivity index (χ0) is 24.8. The molecule has 4 rings (SSSR count). The lowest BCUT2D eigenvalue weighted by Crippen LogP contribution is -2.38. The van der Waals surface area contributed by atoms with Crippen molar-refractivity contribution in [1.29, 1.82) is 0 Å². The number of carbonyl (C=O) groups is 3. The SMILES string of the molecule is CC(=O)CCCCCn1c(NC(=O)c2cccs2)nc2cc(C(=O)N(C)C3CCCCC3)ccc21. The third-order valence-corrected chi connectivity index (χ3v) is 7.69. The Bertz CT molecular complexity index is 1180. The van der Waals surface area contributed by atoms with E-state index in [0.717, 1.165) is 37.6 Å². The number of unbranched alkanes of at least 4 members (excludes halogenated alkanes) is 2. The van der Waals surface area contributed by atoms with Crippen molar-refractivity contribution in [1.82, 2.24) is 14.5 Å². The molecule has 2 aromatic heterocycles. The fourth-order valence-electron chi connectivity index (χ4n) is 4.81. The van der Waals surface area contributed by atoms with Gasteiger partial charge in [0.1, 0.15) is 5.78 Å². The topological polar surface area (TPSA) is 84.3 Å². The molecule has 2 heterocycles. The average molecular weight is 495 g/mol. The molecular weight excluding hydrogens is 460 g/mol. The van der Waals surface area contributed by atoms with Crippen LogP contribution in [0.5, 0.6) is 0 Å². The van der Waals surface area contributed by atoms with E-state index >= 15 is 0 Å². The number of rotatable bonds is 10. The number of hydrogen-bond donors (Lipinski definition) is 1. The van der Waals surface area contributed by atoms with Crippen LogP contribution >= 0.6 is 11.3 Å². The predicted molar refractivity (Wildman–Crippen MR) is 140 cm³/mol. The lowest BCUT2D eigenvalue weighted by atomic mass is 9.94. The number of nitrogens with one attached hydrogen (secondary N) is 1. The van der Waals surface area contributed by atoms with Gasteiger partial charge in [0.2, 0.25) is 5.95 Å². The van der Waals surface area contributed by atoms with Crippen LogP contribution in [0.2, 0.25) is 0 Å². The number of carbonyl (C=O) groups excluding carboxylic acids is 3. The summed E-state index contributed by atoms with van der Waals surface area (Å²) in [5.41, 5.74) is 2.20. The molecule has 0 saturated heterocycles. The number of ketones is 1. The van der Waals surface area contributed by atoms with Crippen molar-refractivity contribution in [2.45, 2.75) is 77.3 Å². The normalized spacial score (nSPS) is 14.2. The van der Waals surface area contributed by atoms with Crippen LogP contribution < -0.4 is 5.32 Å². The highest BCUT2D eigenvalue weighted by molar-refractivity contribution is 7.12. The number of anilines is 1. The Morgan fingerprint density at radius 2 is 1.91 bits per heavy atom. The lowest BCUT2D eigenvalue weighted by Gasteiger charge is -2.31. The van der Waals surface area contributed by atoms with Gasteiger partial charge >= 0.3 is 0 Å². The first-order valence-electron chi connectivity index (χ1n) is 12.6. The highest BCUT2D eigenvalue weighted by Gasteiger charge is 2.24. The molecule has 1 aromatic carbocycles. The highest BCUT2D eigenvalue weighted by Crippen LogP contribution is 2.26. The summed E-state index contributed by atoms with van der Waals surface area (Å²) in [6.07, 6.45) is 8.93. The van der Waals surface area contributed by atoms with Crippen LogP contribution in [0.1, 0.15) is 84.7 Å². The summed E-state index contributed by atoms with van der Waals surface area (Å²) in [6, 6.07) is 9.55. The number of nitrogens with zero attached hydrogens (tertiary/aromatic N) is 3. The molecule has 0 spiro atoms. The highest BCUT2D eigenvalue weighted by atomic mass is 32.1. The van der Waals surface area contributed by atoms with Crippen molar-refractivity contribution in [3.05, 3.63) is 46.2 Å². The maximum atomic E-state index is 13.2. The van der Waals surface area contributed by atoms with E-state index in [0.29, 0.717) is 40.9 Å². The van der Waals surface area contributed by atoms with E-state index < -0.39 is 0 Å². The van der Waals surface area contributed by atoms with Gasteiger partial charge < -0.3 is 14.3 Å². The van der Waals surface area contributed by atoms with E-state index in [4.69, 9.17) is 4.98 Å². The Hall–Kier alpha value is -3.00. The molecule has 1 aliphatic rings. The first-order valence-corrected chi connectivity index (χ1v) is 13.4. The van der Waals surface area contributed by atoms with Crippen LogP contribution in [0.25, 0.3) is 11.0 Å². The van der Waals surface area contributed by atoms with E-state index in [1.165, 1.54) is 30.6 Å². The number of benzene rings is 1. The molecule has 0 radical (unpaired) electrons. The average Bonchev–Trinajstić information content (AvgIpc) is 3.51. The summed E-state index contributed by atoms with van der Waals surface area (Å²) in [6.45, 7) is 2.29. The molecule has 7 nitrogen and oxygen atoms in total. The van der Waals surface area contributed by atoms with Gasteiger partial charge in [0.15, 0.2) is 0 Å². The second-order valence-corrected chi connectivity index (χ2v) is 10.4. The third-order valence-electron chi connectivity index (χ3n) is 6.82. The van der Waals surface area contributed by atoms with Gasteiger partial charge in [0.05, 0.1) is 15.9 Å². The maximum Gasteiger partial charge on any atom is 0.268 e. The van der Waals surface area contributed by atoms with E-state index in [-0.39, 0.29) is 17.6 Å². The van der Waals surface area contributed by atoms with Gasteiger partial charge in [-0.15, -0.1) is 11.3 Å². The van der Waals surface area contributed by atoms with E-state index in [1.807, 2.05) is 46.2 Å². The number of aryl methyl sites for hydroxylation is 1. The van der Waals surface area contributed by atoms with Crippen LogP contribution in [0.3, 0.4) is 0 Å². The molecule has 8 heteroatoms. The lowest BCUT2D eigenvalue weighted by molar-refractivity contribution is -0.117. The first-order chi connectivity index (χ1) is 16.9. The molecule has 0 bridgehead atoms. The second kappa shape index (κ2) is 11.6. The third kappa shape index (κ3) is 6.17. The van der Waals surface area contributed by atoms with E-state index in [9.17, 15) is 14.4 Å². The number of amides is 2. The summed E-state index contributed by atoms with van der Waals surface area (Å²) < 4.78 is 2.01. The monoisotopic (exact) mass is 494 g/mol. The number of Topliss-reactive ketones (excluding diaryl/α,β-unsaturated/α-hetero) is 1. The molecule has 0 unspecified atom stereocenters. The minimum Gasteiger partial charge on any atom is -0.339 e. The van der Waals surface area contributed by atoms with Crippen LogP contribution in [0.15, 0.2) is 35.7 Å². The number of thiophene rings is 1. The Labute approximate surface area is 210 Å². The summed E-state index contributed by atoms with van der Waals surface area (Å²) in [5, 5.41) is 4.83. The van der Waals surface area contributed by atoms with E-state index in [2.05, 4.69) is 5.32 Å². The number of hydrogen-bond acceptors (Lipinski definition) is 5. The largest absolute Gasteiger partial charge is 0.339 e. The van der Waals surface area contributed by atoms with Crippen molar-refractivity contribution in [3.63, 3.8) is 0 Å². The van der Waals surface area contributed by atoms with Crippen molar-refractivity contribution < 1.29 is 14.4 Å². The quantitative estimate of drug-likeness (QED) is 0.355. The molecule has 2 amide bonds. The molecule has 3 aromatic rings. The molecule has 1 N–H and O–H groups in total. The Kier molecular flexibility index (Phi) is 8.33. The molecule has 1 fully saturated rings. The zero-order valence-electron chi connectivity index (χ0n) is 20.6. The Morgan fingerprint density at radius 1 is 1.11 bits per heavy atom. The van der Waals surface area contributed by atoms with Gasteiger partial charge in [-0.3, -0.25) is 14.9 Å². The first kappa shape index (κ1) is 25.1. The van der Waals surface area contributed by atoms with Crippen molar-refractivity contribution in [2.24, 2.45) is 0 Å². The van der Waals surface area contributed by atoms with Crippen molar-refractivity contribution in [3.8, 4) is 0 Å². The molecule has 186 valence electrons. The minimum absolute atomic E-state index is 0.0155. The molecule has 0 atom stereocenters. The fourth-order valence-corrected chi connectivity index (χ4v) is 5.43. The van der Waals surface area contributed by atoms with E-state index in [1.54, 1.807) is 13.0 Å². The summed E-state index contributed by atoms with van der Waals surface area (Å²) in [4.78, 5) is 44.4. The van der Waals surface area contributed by atoms with Gasteiger partial charge in [0.25, 0.3) is 11.8 Å². The smallest absolute Gasteiger partial charge is 0.268 e. The van der Waals surface area contributed by atoms with Crippen LogP contribution in [-0.4, -0.2) is 45.1 Å². The Morgan fingerprint density at radius 3 is 2.63 bits per heavy atom. The van der Waals surface area contributed by atoms with Crippen molar-refractivity contribution in [2.75, 3.05) is 12.4 Å². The van der Waals surface area contributed by atoms with Crippen molar-refractivity contribution >= 4 is 45.9 Å². The summed E-state index contributed by atoms with van der Waals surface area (Å²) in [5.74, 6) is 0.510. The predicted octanol–water partition coefficient (Wildman–Crippen LogP) is 5.90. The molecular formula is C27H34N4O3S. The summed E-state index contributed by atoms with van der Waals surface area (Å²) in [7, 11) is 1.90. The molecule has 1 saturated carbocycles. The number of fused-ring (bicyclic) bond motifs is 1. The molecule has 1 aliphatic carbocycles. The van der Waals surface area contributed by atoms with Gasteiger partial charge in [-0.05, 0) is 62.3 Å². The zero-order valence-corrected chi connectivity index (χ0v) is 21.4. The number of aromatic nitrogens is 2. The molecule has 0 aliphatic heterocycles. The summed E-state index contributed by atoms with van der Waals surface area (Å²) >= 11 is 1.38. The van der Waals surface area contributed by atoms with Crippen LogP contribution in [0.4, 0.5) is 5.95 Å². The van der Waals surface area contributed by atoms with Gasteiger partial charge in [-0.2, -0.15) is 0 Å². The minimum atomic E-state index is -0.193. The van der Waals surface area contributed by atoms with Crippen LogP contribution in [0, 0.1) is 0 Å². The Balaban J connectivity index is 1.56.